The fraction of sp³-hybridized carbons (Fsp3) is 0.444. The van der Waals surface area contributed by atoms with Crippen LogP contribution in [0.25, 0.3) is 0 Å². The van der Waals surface area contributed by atoms with Crippen LogP contribution in [0.4, 0.5) is 0 Å². The second kappa shape index (κ2) is 3.12. The van der Waals surface area contributed by atoms with E-state index in [1.807, 2.05) is 0 Å². The molecule has 0 aliphatic heterocycles. The van der Waals surface area contributed by atoms with E-state index in [4.69, 9.17) is 4.74 Å². The van der Waals surface area contributed by atoms with Gasteiger partial charge in [-0.25, -0.2) is 4.79 Å². The summed E-state index contributed by atoms with van der Waals surface area (Å²) in [4.78, 5) is 11.4. The monoisotopic (exact) mass is 178 g/mol. The van der Waals surface area contributed by atoms with Crippen molar-refractivity contribution in [1.29, 1.82) is 0 Å². The third-order valence-corrected chi connectivity index (χ3v) is 1.92. The molecule has 0 spiro atoms. The third kappa shape index (κ3) is 1.83. The molecule has 0 aromatic carbocycles. The molecule has 1 fully saturated rings. The SMILES string of the molecule is Cc1nnccc1C(=O)OC1CC1. The Morgan fingerprint density at radius 2 is 2.38 bits per heavy atom. The third-order valence-electron chi connectivity index (χ3n) is 1.92. The van der Waals surface area contributed by atoms with Crippen LogP contribution in [0.5, 0.6) is 0 Å². The van der Waals surface area contributed by atoms with E-state index in [1.54, 1.807) is 13.0 Å². The van der Waals surface area contributed by atoms with Gasteiger partial charge in [-0.15, -0.1) is 0 Å². The van der Waals surface area contributed by atoms with Gasteiger partial charge in [0.1, 0.15) is 6.10 Å². The lowest BCUT2D eigenvalue weighted by Gasteiger charge is -2.03. The highest BCUT2D eigenvalue weighted by Crippen LogP contribution is 2.24. The van der Waals surface area contributed by atoms with Crippen LogP contribution in [-0.4, -0.2) is 22.3 Å². The van der Waals surface area contributed by atoms with Gasteiger partial charge < -0.3 is 4.74 Å². The zero-order valence-corrected chi connectivity index (χ0v) is 7.36. The summed E-state index contributed by atoms with van der Waals surface area (Å²) in [7, 11) is 0. The minimum atomic E-state index is -0.282. The van der Waals surface area contributed by atoms with Gasteiger partial charge in [0.05, 0.1) is 17.5 Å². The average Bonchev–Trinajstić information content (AvgIpc) is 2.89. The van der Waals surface area contributed by atoms with Crippen molar-refractivity contribution >= 4 is 5.97 Å². The number of nitrogens with zero attached hydrogens (tertiary/aromatic N) is 2. The summed E-state index contributed by atoms with van der Waals surface area (Å²) in [5, 5.41) is 7.44. The number of carbonyl (C=O) groups excluding carboxylic acids is 1. The number of aromatic nitrogens is 2. The van der Waals surface area contributed by atoms with Crippen LogP contribution in [0.3, 0.4) is 0 Å². The zero-order chi connectivity index (χ0) is 9.26. The van der Waals surface area contributed by atoms with Crippen LogP contribution in [-0.2, 0) is 4.74 Å². The Kier molecular flexibility index (Phi) is 1.96. The fourth-order valence-electron chi connectivity index (χ4n) is 1.02. The van der Waals surface area contributed by atoms with Crippen molar-refractivity contribution in [3.05, 3.63) is 23.5 Å². The van der Waals surface area contributed by atoms with Crippen LogP contribution >= 0.6 is 0 Å². The number of aryl methyl sites for hydroxylation is 1. The highest BCUT2D eigenvalue weighted by molar-refractivity contribution is 5.90. The zero-order valence-electron chi connectivity index (χ0n) is 7.36. The maximum atomic E-state index is 11.4. The lowest BCUT2D eigenvalue weighted by Crippen LogP contribution is -2.09. The number of rotatable bonds is 2. The van der Waals surface area contributed by atoms with E-state index >= 15 is 0 Å². The van der Waals surface area contributed by atoms with E-state index in [2.05, 4.69) is 10.2 Å². The van der Waals surface area contributed by atoms with Gasteiger partial charge in [0.25, 0.3) is 0 Å². The Labute approximate surface area is 75.9 Å². The highest BCUT2D eigenvalue weighted by atomic mass is 16.5. The van der Waals surface area contributed by atoms with E-state index in [1.165, 1.54) is 6.20 Å². The molecule has 1 aromatic rings. The van der Waals surface area contributed by atoms with Crippen molar-refractivity contribution < 1.29 is 9.53 Å². The molecule has 13 heavy (non-hydrogen) atoms. The summed E-state index contributed by atoms with van der Waals surface area (Å²) in [5.41, 5.74) is 1.13. The van der Waals surface area contributed by atoms with Gasteiger partial charge in [0.15, 0.2) is 0 Å². The topological polar surface area (TPSA) is 52.1 Å². The summed E-state index contributed by atoms with van der Waals surface area (Å²) in [6, 6.07) is 1.63. The predicted octanol–water partition coefficient (Wildman–Crippen LogP) is 1.10. The van der Waals surface area contributed by atoms with Crippen LogP contribution in [0.1, 0.15) is 28.9 Å². The molecule has 1 aromatic heterocycles. The van der Waals surface area contributed by atoms with Gasteiger partial charge in [-0.2, -0.15) is 10.2 Å². The quantitative estimate of drug-likeness (QED) is 0.636. The molecule has 2 rings (SSSR count). The Bertz CT molecular complexity index is 334. The molecule has 0 bridgehead atoms. The van der Waals surface area contributed by atoms with Crippen molar-refractivity contribution in [2.45, 2.75) is 25.9 Å². The molecule has 0 radical (unpaired) electrons. The van der Waals surface area contributed by atoms with Gasteiger partial charge >= 0.3 is 5.97 Å². The molecule has 0 N–H and O–H groups in total. The molecule has 0 saturated heterocycles. The molecule has 68 valence electrons. The molecule has 0 unspecified atom stereocenters. The van der Waals surface area contributed by atoms with E-state index in [9.17, 15) is 4.79 Å². The highest BCUT2D eigenvalue weighted by Gasteiger charge is 2.27. The van der Waals surface area contributed by atoms with E-state index in [-0.39, 0.29) is 12.1 Å². The second-order valence-electron chi connectivity index (χ2n) is 3.13. The first-order valence-corrected chi connectivity index (χ1v) is 4.26. The standard InChI is InChI=1S/C9H10N2O2/c1-6-8(4-5-10-11-6)9(12)13-7-2-3-7/h4-5,7H,2-3H2,1H3. The number of ether oxygens (including phenoxy) is 1. The lowest BCUT2D eigenvalue weighted by atomic mass is 10.2. The van der Waals surface area contributed by atoms with Crippen LogP contribution in [0.15, 0.2) is 12.3 Å². The van der Waals surface area contributed by atoms with Crippen LogP contribution < -0.4 is 0 Å². The Morgan fingerprint density at radius 3 is 3.00 bits per heavy atom. The van der Waals surface area contributed by atoms with E-state index < -0.39 is 0 Å². The summed E-state index contributed by atoms with van der Waals surface area (Å²) in [6.45, 7) is 1.75. The summed E-state index contributed by atoms with van der Waals surface area (Å²) in [6.07, 6.45) is 3.61. The summed E-state index contributed by atoms with van der Waals surface area (Å²) < 4.78 is 5.12. The van der Waals surface area contributed by atoms with E-state index in [0.29, 0.717) is 11.3 Å². The molecule has 4 heteroatoms. The number of hydrogen-bond acceptors (Lipinski definition) is 4. The van der Waals surface area contributed by atoms with Crippen molar-refractivity contribution in [1.82, 2.24) is 10.2 Å². The van der Waals surface area contributed by atoms with Crippen molar-refractivity contribution in [3.63, 3.8) is 0 Å². The van der Waals surface area contributed by atoms with Gasteiger partial charge in [-0.3, -0.25) is 0 Å². The van der Waals surface area contributed by atoms with Gasteiger partial charge in [0, 0.05) is 0 Å². The lowest BCUT2D eigenvalue weighted by molar-refractivity contribution is 0.0470. The Balaban J connectivity index is 2.13. The van der Waals surface area contributed by atoms with Crippen molar-refractivity contribution in [2.75, 3.05) is 0 Å². The number of carbonyl (C=O) groups is 1. The van der Waals surface area contributed by atoms with Crippen LogP contribution in [0, 0.1) is 6.92 Å². The van der Waals surface area contributed by atoms with E-state index in [0.717, 1.165) is 12.8 Å². The smallest absolute Gasteiger partial charge is 0.340 e. The van der Waals surface area contributed by atoms with Crippen LogP contribution in [0.2, 0.25) is 0 Å². The summed E-state index contributed by atoms with van der Waals surface area (Å²) in [5.74, 6) is -0.282. The van der Waals surface area contributed by atoms with Gasteiger partial charge in [-0.1, -0.05) is 0 Å². The molecule has 0 amide bonds. The minimum absolute atomic E-state index is 0.139. The molecule has 1 aliphatic carbocycles. The molecule has 1 saturated carbocycles. The summed E-state index contributed by atoms with van der Waals surface area (Å²) >= 11 is 0. The maximum Gasteiger partial charge on any atom is 0.340 e. The van der Waals surface area contributed by atoms with Crippen molar-refractivity contribution in [2.24, 2.45) is 0 Å². The Morgan fingerprint density at radius 1 is 1.62 bits per heavy atom. The molecule has 4 nitrogen and oxygen atoms in total. The maximum absolute atomic E-state index is 11.4. The number of hydrogen-bond donors (Lipinski definition) is 0. The predicted molar refractivity (Wildman–Crippen MR) is 45.2 cm³/mol. The molecule has 1 heterocycles. The first-order valence-electron chi connectivity index (χ1n) is 4.26. The van der Waals surface area contributed by atoms with Crippen molar-refractivity contribution in [3.8, 4) is 0 Å². The molecule has 1 aliphatic rings. The first kappa shape index (κ1) is 8.16. The minimum Gasteiger partial charge on any atom is -0.459 e. The first-order chi connectivity index (χ1) is 6.27. The molecule has 0 atom stereocenters. The Hall–Kier alpha value is -1.45. The fourth-order valence-corrected chi connectivity index (χ4v) is 1.02. The number of esters is 1. The largest absolute Gasteiger partial charge is 0.459 e. The van der Waals surface area contributed by atoms with Gasteiger partial charge in [0.2, 0.25) is 0 Å². The second-order valence-corrected chi connectivity index (χ2v) is 3.13. The molecular weight excluding hydrogens is 168 g/mol. The van der Waals surface area contributed by atoms with Gasteiger partial charge in [-0.05, 0) is 25.8 Å². The average molecular weight is 178 g/mol. The normalized spacial score (nSPS) is 15.5. The molecular formula is C9H10N2O2.